The van der Waals surface area contributed by atoms with Crippen LogP contribution in [0.1, 0.15) is 42.2 Å². The minimum absolute atomic E-state index is 0.243. The number of hydrogen-bond acceptors (Lipinski definition) is 5. The van der Waals surface area contributed by atoms with Crippen LogP contribution < -0.4 is 10.9 Å². The molecule has 1 aromatic heterocycles. The number of H-pyrrole nitrogens is 1. The van der Waals surface area contributed by atoms with Gasteiger partial charge in [-0.15, -0.1) is 0 Å². The third-order valence-corrected chi connectivity index (χ3v) is 5.40. The van der Waals surface area contributed by atoms with E-state index in [9.17, 15) is 19.2 Å². The molecular formula is C27H22N2O5. The molecule has 0 fully saturated rings. The first-order chi connectivity index (χ1) is 16.3. The number of anilines is 1. The molecule has 0 unspecified atom stereocenters. The van der Waals surface area contributed by atoms with Crippen molar-refractivity contribution < 1.29 is 19.1 Å². The van der Waals surface area contributed by atoms with Gasteiger partial charge in [0.25, 0.3) is 5.91 Å². The molecule has 170 valence electrons. The van der Waals surface area contributed by atoms with Crippen LogP contribution >= 0.6 is 0 Å². The average Bonchev–Trinajstić information content (AvgIpc) is 2.83. The van der Waals surface area contributed by atoms with E-state index in [0.717, 1.165) is 11.1 Å². The Morgan fingerprint density at radius 3 is 2.38 bits per heavy atom. The van der Waals surface area contributed by atoms with E-state index < -0.39 is 11.9 Å². The van der Waals surface area contributed by atoms with E-state index in [1.54, 1.807) is 42.5 Å². The number of para-hydroxylation sites is 1. The second-order valence-corrected chi connectivity index (χ2v) is 7.94. The van der Waals surface area contributed by atoms with E-state index >= 15 is 0 Å². The van der Waals surface area contributed by atoms with Gasteiger partial charge < -0.3 is 15.0 Å². The van der Waals surface area contributed by atoms with Crippen LogP contribution in [0.3, 0.4) is 0 Å². The predicted octanol–water partition coefficient (Wildman–Crippen LogP) is 4.44. The van der Waals surface area contributed by atoms with Crippen molar-refractivity contribution >= 4 is 34.3 Å². The number of rotatable bonds is 6. The Morgan fingerprint density at radius 2 is 1.62 bits per heavy atom. The molecule has 7 heteroatoms. The number of ether oxygens (including phenoxy) is 1. The molecule has 0 bridgehead atoms. The summed E-state index contributed by atoms with van der Waals surface area (Å²) in [7, 11) is 0. The van der Waals surface area contributed by atoms with E-state index in [2.05, 4.69) is 10.3 Å². The standard InChI is InChI=1S/C27H22N2O5/c1-16-7-8-17(2)21(13-16)24(30)15-34-27(33)18-9-11-19(12-10-18)28-26(32)22-14-25(31)29-23-6-4-3-5-20(22)23/h3-14H,15H2,1-2H3,(H,28,32)(H,29,31). The number of pyridine rings is 1. The van der Waals surface area contributed by atoms with Crippen LogP contribution in [0.4, 0.5) is 5.69 Å². The molecule has 0 saturated carbocycles. The molecule has 0 atom stereocenters. The van der Waals surface area contributed by atoms with E-state index in [4.69, 9.17) is 4.74 Å². The van der Waals surface area contributed by atoms with Gasteiger partial charge in [0, 0.05) is 28.2 Å². The average molecular weight is 454 g/mol. The van der Waals surface area contributed by atoms with Crippen molar-refractivity contribution in [2.75, 3.05) is 11.9 Å². The summed E-state index contributed by atoms with van der Waals surface area (Å²) < 4.78 is 5.18. The molecule has 2 N–H and O–H groups in total. The third-order valence-electron chi connectivity index (χ3n) is 5.40. The van der Waals surface area contributed by atoms with Gasteiger partial charge in [-0.1, -0.05) is 35.9 Å². The molecule has 7 nitrogen and oxygen atoms in total. The van der Waals surface area contributed by atoms with Gasteiger partial charge in [0.15, 0.2) is 6.61 Å². The van der Waals surface area contributed by atoms with Gasteiger partial charge in [0.2, 0.25) is 11.3 Å². The number of ketones is 1. The molecule has 0 aliphatic heterocycles. The van der Waals surface area contributed by atoms with Crippen molar-refractivity contribution in [3.05, 3.63) is 111 Å². The smallest absolute Gasteiger partial charge is 0.338 e. The van der Waals surface area contributed by atoms with Crippen molar-refractivity contribution in [1.29, 1.82) is 0 Å². The number of aryl methyl sites for hydroxylation is 2. The number of hydrogen-bond donors (Lipinski definition) is 2. The van der Waals surface area contributed by atoms with E-state index in [0.29, 0.717) is 22.2 Å². The Labute approximate surface area is 195 Å². The Kier molecular flexibility index (Phi) is 6.36. The van der Waals surface area contributed by atoms with Crippen LogP contribution in [-0.4, -0.2) is 29.3 Å². The molecule has 1 amide bonds. The number of Topliss-reactive ketones (excluding diaryl/α,β-unsaturated/α-hetero) is 1. The molecule has 4 rings (SSSR count). The van der Waals surface area contributed by atoms with Crippen LogP contribution in [0, 0.1) is 13.8 Å². The second-order valence-electron chi connectivity index (χ2n) is 7.94. The summed E-state index contributed by atoms with van der Waals surface area (Å²) in [4.78, 5) is 52.2. The molecule has 4 aromatic rings. The van der Waals surface area contributed by atoms with Gasteiger partial charge in [-0.2, -0.15) is 0 Å². The number of amides is 1. The SMILES string of the molecule is Cc1ccc(C)c(C(=O)COC(=O)c2ccc(NC(=O)c3cc(=O)[nH]c4ccccc34)cc2)c1. The maximum absolute atomic E-state index is 12.8. The molecule has 0 aliphatic rings. The summed E-state index contributed by atoms with van der Waals surface area (Å²) in [5.74, 6) is -1.36. The Morgan fingerprint density at radius 1 is 0.882 bits per heavy atom. The second kappa shape index (κ2) is 9.54. The summed E-state index contributed by atoms with van der Waals surface area (Å²) >= 11 is 0. The Balaban J connectivity index is 1.42. The number of nitrogens with one attached hydrogen (secondary N) is 2. The molecule has 34 heavy (non-hydrogen) atoms. The van der Waals surface area contributed by atoms with E-state index in [1.165, 1.54) is 18.2 Å². The van der Waals surface area contributed by atoms with Crippen LogP contribution in [0.2, 0.25) is 0 Å². The van der Waals surface area contributed by atoms with Crippen molar-refractivity contribution in [2.24, 2.45) is 0 Å². The zero-order valence-corrected chi connectivity index (χ0v) is 18.7. The van der Waals surface area contributed by atoms with Gasteiger partial charge in [-0.05, 0) is 55.8 Å². The predicted molar refractivity (Wildman–Crippen MR) is 129 cm³/mol. The van der Waals surface area contributed by atoms with Gasteiger partial charge in [0.1, 0.15) is 0 Å². The first-order valence-corrected chi connectivity index (χ1v) is 10.6. The number of fused-ring (bicyclic) bond motifs is 1. The maximum Gasteiger partial charge on any atom is 0.338 e. The lowest BCUT2D eigenvalue weighted by Crippen LogP contribution is -2.17. The Bertz CT molecular complexity index is 1470. The van der Waals surface area contributed by atoms with Crippen LogP contribution in [-0.2, 0) is 4.74 Å². The number of carbonyl (C=O) groups excluding carboxylic acids is 3. The van der Waals surface area contributed by atoms with Gasteiger partial charge >= 0.3 is 5.97 Å². The molecule has 1 heterocycles. The number of carbonyl (C=O) groups is 3. The lowest BCUT2D eigenvalue weighted by atomic mass is 10.0. The molecule has 0 spiro atoms. The largest absolute Gasteiger partial charge is 0.454 e. The topological polar surface area (TPSA) is 105 Å². The summed E-state index contributed by atoms with van der Waals surface area (Å²) in [5, 5.41) is 3.35. The fourth-order valence-electron chi connectivity index (χ4n) is 3.61. The highest BCUT2D eigenvalue weighted by Crippen LogP contribution is 2.18. The molecule has 0 saturated heterocycles. The monoisotopic (exact) mass is 454 g/mol. The van der Waals surface area contributed by atoms with E-state index in [-0.39, 0.29) is 29.1 Å². The molecular weight excluding hydrogens is 432 g/mol. The van der Waals surface area contributed by atoms with Crippen LogP contribution in [0.25, 0.3) is 10.9 Å². The third kappa shape index (κ3) is 4.94. The first-order valence-electron chi connectivity index (χ1n) is 10.6. The lowest BCUT2D eigenvalue weighted by molar-refractivity contribution is 0.0474. The lowest BCUT2D eigenvalue weighted by Gasteiger charge is -2.09. The highest BCUT2D eigenvalue weighted by atomic mass is 16.5. The number of benzene rings is 3. The first kappa shape index (κ1) is 22.7. The van der Waals surface area contributed by atoms with Gasteiger partial charge in [-0.3, -0.25) is 14.4 Å². The molecule has 0 radical (unpaired) electrons. The van der Waals surface area contributed by atoms with Crippen molar-refractivity contribution in [2.45, 2.75) is 13.8 Å². The van der Waals surface area contributed by atoms with Crippen molar-refractivity contribution in [3.63, 3.8) is 0 Å². The summed E-state index contributed by atoms with van der Waals surface area (Å²) in [6.07, 6.45) is 0. The summed E-state index contributed by atoms with van der Waals surface area (Å²) in [6, 6.07) is 19.9. The fraction of sp³-hybridized carbons (Fsp3) is 0.111. The number of aromatic amines is 1. The minimum atomic E-state index is -0.642. The molecule has 3 aromatic carbocycles. The highest BCUT2D eigenvalue weighted by molar-refractivity contribution is 6.12. The summed E-state index contributed by atoms with van der Waals surface area (Å²) in [5.41, 5.74) is 3.41. The van der Waals surface area contributed by atoms with Gasteiger partial charge in [-0.25, -0.2) is 4.79 Å². The van der Waals surface area contributed by atoms with Crippen LogP contribution in [0.15, 0.2) is 77.6 Å². The number of esters is 1. The zero-order valence-electron chi connectivity index (χ0n) is 18.7. The highest BCUT2D eigenvalue weighted by Gasteiger charge is 2.15. The maximum atomic E-state index is 12.8. The normalized spacial score (nSPS) is 10.6. The summed E-state index contributed by atoms with van der Waals surface area (Å²) in [6.45, 7) is 3.36. The zero-order chi connectivity index (χ0) is 24.2. The van der Waals surface area contributed by atoms with Crippen molar-refractivity contribution in [3.8, 4) is 0 Å². The fourth-order valence-corrected chi connectivity index (χ4v) is 3.61. The van der Waals surface area contributed by atoms with Gasteiger partial charge in [0.05, 0.1) is 11.1 Å². The quantitative estimate of drug-likeness (QED) is 0.331. The Hall–Kier alpha value is -4.52. The molecule has 0 aliphatic carbocycles. The van der Waals surface area contributed by atoms with Crippen LogP contribution in [0.5, 0.6) is 0 Å². The number of aromatic nitrogens is 1. The minimum Gasteiger partial charge on any atom is -0.454 e. The van der Waals surface area contributed by atoms with E-state index in [1.807, 2.05) is 26.0 Å². The van der Waals surface area contributed by atoms with Crippen molar-refractivity contribution in [1.82, 2.24) is 4.98 Å².